The van der Waals surface area contributed by atoms with E-state index in [1.54, 1.807) is 39.8 Å². The fourth-order valence-electron chi connectivity index (χ4n) is 1.93. The van der Waals surface area contributed by atoms with Crippen LogP contribution in [-0.4, -0.2) is 39.3 Å². The Hall–Kier alpha value is -1.44. The molecule has 130 valence electrons. The van der Waals surface area contributed by atoms with Crippen molar-refractivity contribution in [3.8, 4) is 0 Å². The molecule has 0 saturated heterocycles. The van der Waals surface area contributed by atoms with Gasteiger partial charge < -0.3 is 9.47 Å². The van der Waals surface area contributed by atoms with Gasteiger partial charge in [-0.3, -0.25) is 0 Å². The van der Waals surface area contributed by atoms with Gasteiger partial charge in [0.15, 0.2) is 6.10 Å². The topological polar surface area (TPSA) is 78.9 Å². The summed E-state index contributed by atoms with van der Waals surface area (Å²) in [6, 6.07) is 6.18. The van der Waals surface area contributed by atoms with Crippen molar-refractivity contribution in [3.63, 3.8) is 0 Å². The highest BCUT2D eigenvalue weighted by Gasteiger charge is 2.34. The maximum atomic E-state index is 12.4. The van der Waals surface area contributed by atoms with Crippen LogP contribution in [0.15, 0.2) is 29.2 Å². The molecule has 7 heteroatoms. The number of hydrogen-bond donors (Lipinski definition) is 0. The molecule has 6 nitrogen and oxygen atoms in total. The van der Waals surface area contributed by atoms with Gasteiger partial charge in [0.1, 0.15) is 0 Å². The summed E-state index contributed by atoms with van der Waals surface area (Å²) in [6.45, 7) is 8.75. The first-order valence-corrected chi connectivity index (χ1v) is 8.90. The van der Waals surface area contributed by atoms with Crippen LogP contribution in [0.1, 0.15) is 33.3 Å². The predicted octanol–water partition coefficient (Wildman–Crippen LogP) is 2.45. The predicted molar refractivity (Wildman–Crippen MR) is 85.6 cm³/mol. The van der Waals surface area contributed by atoms with Gasteiger partial charge in [0.05, 0.1) is 23.7 Å². The van der Waals surface area contributed by atoms with Crippen molar-refractivity contribution in [1.82, 2.24) is 0 Å². The normalized spacial score (nSPS) is 14.5. The van der Waals surface area contributed by atoms with Crippen LogP contribution in [0.5, 0.6) is 0 Å². The molecule has 0 heterocycles. The second-order valence-corrected chi connectivity index (χ2v) is 7.00. The lowest BCUT2D eigenvalue weighted by atomic mass is 10.2. The number of esters is 1. The largest absolute Gasteiger partial charge is 0.464 e. The van der Waals surface area contributed by atoms with Crippen molar-refractivity contribution in [3.05, 3.63) is 29.8 Å². The summed E-state index contributed by atoms with van der Waals surface area (Å²) in [5.41, 5.74) is 0.919. The number of rotatable bonds is 8. The van der Waals surface area contributed by atoms with E-state index in [4.69, 9.17) is 13.7 Å². The van der Waals surface area contributed by atoms with Crippen molar-refractivity contribution < 1.29 is 26.9 Å². The Labute approximate surface area is 137 Å². The summed E-state index contributed by atoms with van der Waals surface area (Å²) < 4.78 is 40.2. The van der Waals surface area contributed by atoms with Crippen molar-refractivity contribution in [2.24, 2.45) is 0 Å². The first-order chi connectivity index (χ1) is 10.7. The van der Waals surface area contributed by atoms with Crippen molar-refractivity contribution in [2.75, 3.05) is 6.61 Å². The molecule has 0 bridgehead atoms. The van der Waals surface area contributed by atoms with Gasteiger partial charge in [-0.1, -0.05) is 17.7 Å². The van der Waals surface area contributed by atoms with Crippen molar-refractivity contribution in [2.45, 2.75) is 57.8 Å². The zero-order valence-corrected chi connectivity index (χ0v) is 14.9. The van der Waals surface area contributed by atoms with Gasteiger partial charge in [-0.2, -0.15) is 8.42 Å². The lowest BCUT2D eigenvalue weighted by Gasteiger charge is -2.24. The van der Waals surface area contributed by atoms with Crippen LogP contribution in [0.3, 0.4) is 0 Å². The van der Waals surface area contributed by atoms with Crippen LogP contribution < -0.4 is 0 Å². The number of ether oxygens (including phenoxy) is 2. The average Bonchev–Trinajstić information content (AvgIpc) is 2.44. The Morgan fingerprint density at radius 2 is 1.70 bits per heavy atom. The van der Waals surface area contributed by atoms with Crippen LogP contribution in [0.2, 0.25) is 0 Å². The molecule has 0 fully saturated rings. The van der Waals surface area contributed by atoms with E-state index >= 15 is 0 Å². The highest BCUT2D eigenvalue weighted by atomic mass is 32.2. The van der Waals surface area contributed by atoms with Gasteiger partial charge in [-0.25, -0.2) is 8.98 Å². The summed E-state index contributed by atoms with van der Waals surface area (Å²) in [6.07, 6.45) is -2.31. The van der Waals surface area contributed by atoms with Crippen LogP contribution in [0.4, 0.5) is 0 Å². The highest BCUT2D eigenvalue weighted by molar-refractivity contribution is 7.86. The standard InChI is InChI=1S/C16H24O6S/c1-6-20-16(17)15(13(5)21-11(2)3)22-23(18,19)14-9-7-12(4)8-10-14/h7-11,13,15H,6H2,1-5H3. The molecular formula is C16H24O6S. The summed E-state index contributed by atoms with van der Waals surface area (Å²) >= 11 is 0. The number of hydrogen-bond acceptors (Lipinski definition) is 6. The van der Waals surface area contributed by atoms with Crippen LogP contribution >= 0.6 is 0 Å². The molecule has 0 saturated carbocycles. The minimum absolute atomic E-state index is 0.0193. The Kier molecular flexibility index (Phi) is 7.18. The van der Waals surface area contributed by atoms with E-state index in [9.17, 15) is 13.2 Å². The Morgan fingerprint density at radius 3 is 2.17 bits per heavy atom. The molecule has 0 aliphatic heterocycles. The Bertz CT molecular complexity index is 606. The zero-order chi connectivity index (χ0) is 17.6. The first kappa shape index (κ1) is 19.6. The molecule has 1 aromatic rings. The van der Waals surface area contributed by atoms with Crippen LogP contribution in [0.25, 0.3) is 0 Å². The summed E-state index contributed by atoms with van der Waals surface area (Å²) in [4.78, 5) is 12.0. The SMILES string of the molecule is CCOC(=O)C(OS(=O)(=O)c1ccc(C)cc1)C(C)OC(C)C. The molecule has 0 amide bonds. The number of aryl methyl sites for hydroxylation is 1. The Morgan fingerprint density at radius 1 is 1.13 bits per heavy atom. The average molecular weight is 344 g/mol. The van der Waals surface area contributed by atoms with Gasteiger partial charge in [0, 0.05) is 0 Å². The van der Waals surface area contributed by atoms with E-state index < -0.39 is 28.3 Å². The maximum absolute atomic E-state index is 12.4. The fourth-order valence-corrected chi connectivity index (χ4v) is 3.02. The number of carbonyl (C=O) groups excluding carboxylic acids is 1. The second-order valence-electron chi connectivity index (χ2n) is 5.43. The summed E-state index contributed by atoms with van der Waals surface area (Å²) in [7, 11) is -4.10. The fraction of sp³-hybridized carbons (Fsp3) is 0.562. The zero-order valence-electron chi connectivity index (χ0n) is 14.1. The van der Waals surface area contributed by atoms with E-state index in [-0.39, 0.29) is 17.6 Å². The van der Waals surface area contributed by atoms with Crippen LogP contribution in [0, 0.1) is 6.92 Å². The minimum atomic E-state index is -4.10. The molecule has 2 atom stereocenters. The summed E-state index contributed by atoms with van der Waals surface area (Å²) in [5, 5.41) is 0. The Balaban J connectivity index is 3.02. The van der Waals surface area contributed by atoms with Gasteiger partial charge in [0.25, 0.3) is 10.1 Å². The molecule has 0 aliphatic rings. The molecule has 2 unspecified atom stereocenters. The number of carbonyl (C=O) groups is 1. The third kappa shape index (κ3) is 5.93. The molecule has 1 rings (SSSR count). The molecule has 1 aromatic carbocycles. The van der Waals surface area contributed by atoms with Gasteiger partial charge in [-0.05, 0) is 46.8 Å². The lowest BCUT2D eigenvalue weighted by molar-refractivity contribution is -0.159. The first-order valence-electron chi connectivity index (χ1n) is 7.49. The monoisotopic (exact) mass is 344 g/mol. The molecule has 23 heavy (non-hydrogen) atoms. The van der Waals surface area contributed by atoms with Crippen LogP contribution in [-0.2, 0) is 28.6 Å². The third-order valence-corrected chi connectivity index (χ3v) is 4.28. The van der Waals surface area contributed by atoms with Crippen molar-refractivity contribution >= 4 is 16.1 Å². The van der Waals surface area contributed by atoms with E-state index in [2.05, 4.69) is 0 Å². The third-order valence-electron chi connectivity index (χ3n) is 2.97. The van der Waals surface area contributed by atoms with E-state index in [1.165, 1.54) is 12.1 Å². The number of benzene rings is 1. The van der Waals surface area contributed by atoms with Gasteiger partial charge in [-0.15, -0.1) is 0 Å². The van der Waals surface area contributed by atoms with E-state index in [1.807, 2.05) is 6.92 Å². The lowest BCUT2D eigenvalue weighted by Crippen LogP contribution is -2.40. The molecule has 0 aromatic heterocycles. The molecular weight excluding hydrogens is 320 g/mol. The molecule has 0 spiro atoms. The van der Waals surface area contributed by atoms with E-state index in [0.29, 0.717) is 0 Å². The molecule has 0 aliphatic carbocycles. The van der Waals surface area contributed by atoms with Crippen molar-refractivity contribution in [1.29, 1.82) is 0 Å². The van der Waals surface area contributed by atoms with E-state index in [0.717, 1.165) is 5.56 Å². The minimum Gasteiger partial charge on any atom is -0.464 e. The maximum Gasteiger partial charge on any atom is 0.339 e. The molecule has 0 N–H and O–H groups in total. The quantitative estimate of drug-likeness (QED) is 0.532. The van der Waals surface area contributed by atoms with Gasteiger partial charge >= 0.3 is 5.97 Å². The molecule has 0 radical (unpaired) electrons. The second kappa shape index (κ2) is 8.42. The van der Waals surface area contributed by atoms with Gasteiger partial charge in [0.2, 0.25) is 0 Å². The summed E-state index contributed by atoms with van der Waals surface area (Å²) in [5.74, 6) is -0.767. The highest BCUT2D eigenvalue weighted by Crippen LogP contribution is 2.19. The smallest absolute Gasteiger partial charge is 0.339 e.